The molecule has 1 saturated heterocycles. The summed E-state index contributed by atoms with van der Waals surface area (Å²) in [6, 6.07) is 16.7. The predicted molar refractivity (Wildman–Crippen MR) is 105 cm³/mol. The molecule has 1 amide bonds. The van der Waals surface area contributed by atoms with Crippen molar-refractivity contribution >= 4 is 5.91 Å². The number of aromatic nitrogens is 2. The fraction of sp³-hybridized carbons (Fsp3) is 0.273. The van der Waals surface area contributed by atoms with E-state index in [1.165, 1.54) is 23.3 Å². The number of amides is 1. The molecule has 4 rings (SSSR count). The van der Waals surface area contributed by atoms with Gasteiger partial charge in [0.25, 0.3) is 0 Å². The van der Waals surface area contributed by atoms with Crippen LogP contribution in [0.2, 0.25) is 0 Å². The second-order valence-electron chi connectivity index (χ2n) is 7.13. The van der Waals surface area contributed by atoms with Gasteiger partial charge in [0, 0.05) is 38.6 Å². The molecular formula is C22H23FN4O. The monoisotopic (exact) mass is 378 g/mol. The number of carbonyl (C=O) groups excluding carboxylic acids is 1. The molecule has 5 nitrogen and oxygen atoms in total. The number of nitrogens with zero attached hydrogens (tertiary/aromatic N) is 4. The first-order valence-electron chi connectivity index (χ1n) is 9.46. The van der Waals surface area contributed by atoms with Gasteiger partial charge in [0.2, 0.25) is 5.91 Å². The largest absolute Gasteiger partial charge is 0.336 e. The molecule has 0 unspecified atom stereocenters. The van der Waals surface area contributed by atoms with Gasteiger partial charge in [-0.3, -0.25) is 14.4 Å². The molecule has 1 aliphatic heterocycles. The zero-order valence-electron chi connectivity index (χ0n) is 15.7. The highest BCUT2D eigenvalue weighted by Gasteiger charge is 2.24. The Morgan fingerprint density at radius 2 is 1.75 bits per heavy atom. The molecule has 2 aromatic carbocycles. The Morgan fingerprint density at radius 3 is 2.46 bits per heavy atom. The first-order chi connectivity index (χ1) is 13.7. The van der Waals surface area contributed by atoms with E-state index in [2.05, 4.69) is 22.1 Å². The maximum atomic E-state index is 13.4. The fourth-order valence-corrected chi connectivity index (χ4v) is 3.59. The topological polar surface area (TPSA) is 41.4 Å². The average molecular weight is 378 g/mol. The lowest BCUT2D eigenvalue weighted by molar-refractivity contribution is -0.136. The summed E-state index contributed by atoms with van der Waals surface area (Å²) in [5.41, 5.74) is 3.25. The molecule has 0 radical (unpaired) electrons. The van der Waals surface area contributed by atoms with E-state index >= 15 is 0 Å². The predicted octanol–water partition coefficient (Wildman–Crippen LogP) is 2.91. The molecule has 0 aliphatic carbocycles. The first-order valence-corrected chi connectivity index (χ1v) is 9.46. The zero-order valence-corrected chi connectivity index (χ0v) is 15.7. The lowest BCUT2D eigenvalue weighted by Gasteiger charge is -2.34. The summed E-state index contributed by atoms with van der Waals surface area (Å²) in [4.78, 5) is 16.6. The van der Waals surface area contributed by atoms with Crippen LogP contribution in [0, 0.1) is 5.82 Å². The number of halogens is 1. The Hall–Kier alpha value is -2.99. The summed E-state index contributed by atoms with van der Waals surface area (Å²) in [6.45, 7) is 3.74. The maximum absolute atomic E-state index is 13.4. The van der Waals surface area contributed by atoms with Crippen LogP contribution >= 0.6 is 0 Å². The molecule has 144 valence electrons. The van der Waals surface area contributed by atoms with Crippen LogP contribution in [0.25, 0.3) is 0 Å². The highest BCUT2D eigenvalue weighted by Crippen LogP contribution is 2.16. The zero-order chi connectivity index (χ0) is 19.3. The SMILES string of the molecule is O=C1CN(Cc2ccccc2Cn2cccn2)CCN1Cc1cccc(F)c1. The molecule has 6 heteroatoms. The van der Waals surface area contributed by atoms with Crippen molar-refractivity contribution in [2.75, 3.05) is 19.6 Å². The van der Waals surface area contributed by atoms with E-state index < -0.39 is 0 Å². The Kier molecular flexibility index (Phi) is 5.48. The highest BCUT2D eigenvalue weighted by molar-refractivity contribution is 5.79. The smallest absolute Gasteiger partial charge is 0.237 e. The minimum atomic E-state index is -0.266. The number of carbonyl (C=O) groups is 1. The van der Waals surface area contributed by atoms with Gasteiger partial charge in [0.1, 0.15) is 5.82 Å². The van der Waals surface area contributed by atoms with Gasteiger partial charge in [-0.1, -0.05) is 36.4 Å². The third-order valence-corrected chi connectivity index (χ3v) is 5.06. The van der Waals surface area contributed by atoms with Crippen LogP contribution in [0.5, 0.6) is 0 Å². The highest BCUT2D eigenvalue weighted by atomic mass is 19.1. The molecule has 0 saturated carbocycles. The van der Waals surface area contributed by atoms with Crippen LogP contribution in [-0.4, -0.2) is 45.1 Å². The number of hydrogen-bond acceptors (Lipinski definition) is 3. The van der Waals surface area contributed by atoms with Crippen LogP contribution in [0.4, 0.5) is 4.39 Å². The number of piperazine rings is 1. The van der Waals surface area contributed by atoms with E-state index in [0.717, 1.165) is 25.2 Å². The van der Waals surface area contributed by atoms with Crippen molar-refractivity contribution in [1.82, 2.24) is 19.6 Å². The number of benzene rings is 2. The van der Waals surface area contributed by atoms with Crippen molar-refractivity contribution in [3.8, 4) is 0 Å². The third kappa shape index (κ3) is 4.46. The molecule has 1 aliphatic rings. The lowest BCUT2D eigenvalue weighted by atomic mass is 10.1. The van der Waals surface area contributed by atoms with Gasteiger partial charge < -0.3 is 4.90 Å². The van der Waals surface area contributed by atoms with Crippen LogP contribution in [0.3, 0.4) is 0 Å². The summed E-state index contributed by atoms with van der Waals surface area (Å²) in [6.07, 6.45) is 3.73. The van der Waals surface area contributed by atoms with E-state index in [0.29, 0.717) is 19.6 Å². The van der Waals surface area contributed by atoms with Gasteiger partial charge in [-0.25, -0.2) is 4.39 Å². The molecule has 3 aromatic rings. The normalized spacial score (nSPS) is 15.2. The molecule has 0 bridgehead atoms. The van der Waals surface area contributed by atoms with Gasteiger partial charge in [-0.15, -0.1) is 0 Å². The minimum Gasteiger partial charge on any atom is -0.336 e. The van der Waals surface area contributed by atoms with Crippen molar-refractivity contribution in [3.05, 3.63) is 89.5 Å². The van der Waals surface area contributed by atoms with E-state index in [4.69, 9.17) is 0 Å². The van der Waals surface area contributed by atoms with Gasteiger partial charge in [-0.2, -0.15) is 5.10 Å². The molecule has 28 heavy (non-hydrogen) atoms. The average Bonchev–Trinajstić information content (AvgIpc) is 3.19. The van der Waals surface area contributed by atoms with Gasteiger partial charge in [0.05, 0.1) is 13.1 Å². The van der Waals surface area contributed by atoms with Gasteiger partial charge in [0.15, 0.2) is 0 Å². The van der Waals surface area contributed by atoms with E-state index in [-0.39, 0.29) is 11.7 Å². The summed E-state index contributed by atoms with van der Waals surface area (Å²) in [5.74, 6) is -0.183. The standard InChI is InChI=1S/C22H23FN4O/c23-21-8-3-5-18(13-21)14-26-12-11-25(17-22(26)28)15-19-6-1-2-7-20(19)16-27-10-4-9-24-27/h1-10,13H,11-12,14-17H2. The summed E-state index contributed by atoms with van der Waals surface area (Å²) < 4.78 is 15.3. The Balaban J connectivity index is 1.38. The lowest BCUT2D eigenvalue weighted by Crippen LogP contribution is -2.49. The summed E-state index contributed by atoms with van der Waals surface area (Å²) in [5, 5.41) is 4.28. The quantitative estimate of drug-likeness (QED) is 0.662. The first kappa shape index (κ1) is 18.4. The molecule has 2 heterocycles. The maximum Gasteiger partial charge on any atom is 0.237 e. The van der Waals surface area contributed by atoms with Crippen LogP contribution in [0.15, 0.2) is 67.0 Å². The number of rotatable bonds is 6. The van der Waals surface area contributed by atoms with E-state index in [1.54, 1.807) is 17.2 Å². The number of hydrogen-bond donors (Lipinski definition) is 0. The molecular weight excluding hydrogens is 355 g/mol. The second kappa shape index (κ2) is 8.35. The summed E-state index contributed by atoms with van der Waals surface area (Å²) >= 11 is 0. The van der Waals surface area contributed by atoms with Crippen molar-refractivity contribution in [3.63, 3.8) is 0 Å². The Labute approximate surface area is 164 Å². The van der Waals surface area contributed by atoms with E-state index in [9.17, 15) is 9.18 Å². The Morgan fingerprint density at radius 1 is 0.929 bits per heavy atom. The van der Waals surface area contributed by atoms with Crippen molar-refractivity contribution in [2.24, 2.45) is 0 Å². The van der Waals surface area contributed by atoms with E-state index in [1.807, 2.05) is 35.1 Å². The van der Waals surface area contributed by atoms with Crippen LogP contribution < -0.4 is 0 Å². The summed E-state index contributed by atoms with van der Waals surface area (Å²) in [7, 11) is 0. The molecule has 1 fully saturated rings. The fourth-order valence-electron chi connectivity index (χ4n) is 3.59. The Bertz CT molecular complexity index is 941. The van der Waals surface area contributed by atoms with Crippen molar-refractivity contribution < 1.29 is 9.18 Å². The second-order valence-corrected chi connectivity index (χ2v) is 7.13. The minimum absolute atomic E-state index is 0.0834. The molecule has 0 spiro atoms. The van der Waals surface area contributed by atoms with Crippen molar-refractivity contribution in [2.45, 2.75) is 19.6 Å². The van der Waals surface area contributed by atoms with Gasteiger partial charge >= 0.3 is 0 Å². The third-order valence-electron chi connectivity index (χ3n) is 5.06. The van der Waals surface area contributed by atoms with Crippen LogP contribution in [-0.2, 0) is 24.4 Å². The van der Waals surface area contributed by atoms with Gasteiger partial charge in [-0.05, 0) is 34.9 Å². The molecule has 0 atom stereocenters. The van der Waals surface area contributed by atoms with Crippen LogP contribution in [0.1, 0.15) is 16.7 Å². The van der Waals surface area contributed by atoms with Crippen molar-refractivity contribution in [1.29, 1.82) is 0 Å². The molecule has 0 N–H and O–H groups in total. The molecule has 1 aromatic heterocycles.